The van der Waals surface area contributed by atoms with Gasteiger partial charge in [-0.2, -0.15) is 0 Å². The van der Waals surface area contributed by atoms with Crippen LogP contribution >= 0.6 is 0 Å². The number of ether oxygens (including phenoxy) is 2. The third kappa shape index (κ3) is 4.21. The fourth-order valence-corrected chi connectivity index (χ4v) is 7.76. The van der Waals surface area contributed by atoms with Crippen LogP contribution in [0.5, 0.6) is 0 Å². The Labute approximate surface area is 259 Å². The van der Waals surface area contributed by atoms with E-state index in [0.29, 0.717) is 23.2 Å². The lowest BCUT2D eigenvalue weighted by Gasteiger charge is -2.43. The molecule has 1 amide bonds. The lowest BCUT2D eigenvalue weighted by Crippen LogP contribution is -2.39. The molecule has 226 valence electrons. The van der Waals surface area contributed by atoms with E-state index in [1.807, 2.05) is 43.3 Å². The molecule has 1 unspecified atom stereocenters. The Morgan fingerprint density at radius 2 is 1.76 bits per heavy atom. The summed E-state index contributed by atoms with van der Waals surface area (Å²) in [5, 5.41) is 13.8. The van der Waals surface area contributed by atoms with Gasteiger partial charge in [-0.25, -0.2) is 9.59 Å². The van der Waals surface area contributed by atoms with Crippen LogP contribution in [0.3, 0.4) is 0 Å². The first-order valence-electron chi connectivity index (χ1n) is 15.4. The SMILES string of the molecule is Cc1cc2c(cc1NC(=O)OCc1ccc([N+](=O)[O-])cc1)Cc1c(cc3c4c1CCCN4CCC3)C21OC(=O)c2ccccc21. The van der Waals surface area contributed by atoms with Crippen LogP contribution in [0.15, 0.2) is 66.7 Å². The first-order chi connectivity index (χ1) is 21.8. The Kier molecular flexibility index (Phi) is 6.20. The largest absolute Gasteiger partial charge is 0.444 e. The van der Waals surface area contributed by atoms with Crippen molar-refractivity contribution in [2.24, 2.45) is 0 Å². The predicted molar refractivity (Wildman–Crippen MR) is 168 cm³/mol. The molecule has 0 aromatic heterocycles. The second-order valence-electron chi connectivity index (χ2n) is 12.3. The van der Waals surface area contributed by atoms with Crippen molar-refractivity contribution in [1.82, 2.24) is 0 Å². The van der Waals surface area contributed by atoms with E-state index in [1.165, 1.54) is 34.5 Å². The van der Waals surface area contributed by atoms with Crippen molar-refractivity contribution < 1.29 is 24.0 Å². The summed E-state index contributed by atoms with van der Waals surface area (Å²) >= 11 is 0. The molecule has 8 rings (SSSR count). The van der Waals surface area contributed by atoms with E-state index in [4.69, 9.17) is 9.47 Å². The van der Waals surface area contributed by atoms with Gasteiger partial charge >= 0.3 is 12.1 Å². The molecule has 4 aromatic carbocycles. The number of aryl methyl sites for hydroxylation is 2. The molecule has 45 heavy (non-hydrogen) atoms. The Hall–Kier alpha value is -5.18. The minimum absolute atomic E-state index is 0.0230. The summed E-state index contributed by atoms with van der Waals surface area (Å²) in [7, 11) is 0. The zero-order chi connectivity index (χ0) is 30.9. The fraction of sp³-hybridized carbons (Fsp3) is 0.278. The third-order valence-corrected chi connectivity index (χ3v) is 9.75. The van der Waals surface area contributed by atoms with E-state index in [1.54, 1.807) is 12.1 Å². The average Bonchev–Trinajstić information content (AvgIpc) is 3.34. The molecule has 1 N–H and O–H groups in total. The number of rotatable bonds is 4. The van der Waals surface area contributed by atoms with E-state index in [9.17, 15) is 19.7 Å². The number of anilines is 2. The van der Waals surface area contributed by atoms with Crippen molar-refractivity contribution in [3.05, 3.63) is 132 Å². The summed E-state index contributed by atoms with van der Waals surface area (Å²) < 4.78 is 12.0. The molecule has 0 radical (unpaired) electrons. The molecule has 1 spiro atoms. The van der Waals surface area contributed by atoms with Crippen LogP contribution in [0.1, 0.15) is 73.3 Å². The summed E-state index contributed by atoms with van der Waals surface area (Å²) in [5.74, 6) is -0.327. The van der Waals surface area contributed by atoms with Crippen LogP contribution in [0, 0.1) is 17.0 Å². The highest BCUT2D eigenvalue weighted by atomic mass is 16.6. The zero-order valence-corrected chi connectivity index (χ0v) is 24.9. The number of esters is 1. The normalized spacial score (nSPS) is 18.8. The van der Waals surface area contributed by atoms with E-state index in [0.717, 1.165) is 66.6 Å². The maximum atomic E-state index is 13.5. The van der Waals surface area contributed by atoms with Crippen molar-refractivity contribution in [2.45, 2.75) is 51.2 Å². The van der Waals surface area contributed by atoms with E-state index in [2.05, 4.69) is 16.3 Å². The van der Waals surface area contributed by atoms with Gasteiger partial charge < -0.3 is 14.4 Å². The molecule has 0 saturated heterocycles. The van der Waals surface area contributed by atoms with E-state index >= 15 is 0 Å². The minimum atomic E-state index is -1.07. The molecule has 0 bridgehead atoms. The van der Waals surface area contributed by atoms with Crippen LogP contribution in [0.2, 0.25) is 0 Å². The quantitative estimate of drug-likeness (QED) is 0.157. The monoisotopic (exact) mass is 601 g/mol. The number of nitro groups is 1. The van der Waals surface area contributed by atoms with Gasteiger partial charge in [0.1, 0.15) is 6.61 Å². The number of amides is 1. The van der Waals surface area contributed by atoms with Gasteiger partial charge in [-0.15, -0.1) is 0 Å². The van der Waals surface area contributed by atoms with Crippen molar-refractivity contribution >= 4 is 29.1 Å². The number of non-ortho nitro benzene ring substituents is 1. The summed E-state index contributed by atoms with van der Waals surface area (Å²) in [4.78, 5) is 39.4. The first-order valence-corrected chi connectivity index (χ1v) is 15.4. The number of carbonyl (C=O) groups excluding carboxylic acids is 2. The van der Waals surface area contributed by atoms with Crippen LogP contribution in [0.25, 0.3) is 0 Å². The number of hydrogen-bond acceptors (Lipinski definition) is 7. The summed E-state index contributed by atoms with van der Waals surface area (Å²) in [6, 6.07) is 19.9. The molecule has 0 saturated carbocycles. The van der Waals surface area contributed by atoms with Gasteiger partial charge in [-0.1, -0.05) is 18.2 Å². The standard InChI is InChI=1S/C36H31N3O6/c1-21-16-30-24(19-32(21)37-35(41)44-20-22-10-12-25(13-11-22)39(42)43)17-28-26-8-5-15-38-14-4-6-23(33(26)38)18-31(28)36(30)29-9-3-2-7-27(29)34(40)45-36/h2-3,7,9-13,16,18-19H,4-6,8,14-15,17,20H2,1H3,(H,37,41). The topological polar surface area (TPSA) is 111 Å². The molecule has 0 fully saturated rings. The molecule has 3 heterocycles. The lowest BCUT2D eigenvalue weighted by molar-refractivity contribution is -0.384. The maximum Gasteiger partial charge on any atom is 0.411 e. The van der Waals surface area contributed by atoms with Crippen molar-refractivity contribution in [1.29, 1.82) is 0 Å². The fourth-order valence-electron chi connectivity index (χ4n) is 7.76. The van der Waals surface area contributed by atoms with E-state index < -0.39 is 16.6 Å². The lowest BCUT2D eigenvalue weighted by atomic mass is 9.68. The van der Waals surface area contributed by atoms with Crippen LogP contribution in [-0.4, -0.2) is 30.1 Å². The Bertz CT molecular complexity index is 1930. The first kappa shape index (κ1) is 27.4. The van der Waals surface area contributed by atoms with Crippen LogP contribution in [0.4, 0.5) is 21.9 Å². The van der Waals surface area contributed by atoms with Gasteiger partial charge in [0.15, 0.2) is 5.60 Å². The highest BCUT2D eigenvalue weighted by Crippen LogP contribution is 2.55. The Morgan fingerprint density at radius 3 is 2.56 bits per heavy atom. The molecule has 9 nitrogen and oxygen atoms in total. The molecule has 3 aliphatic heterocycles. The van der Waals surface area contributed by atoms with Gasteiger partial charge in [0.25, 0.3) is 5.69 Å². The second-order valence-corrected chi connectivity index (χ2v) is 12.3. The highest BCUT2D eigenvalue weighted by Gasteiger charge is 2.53. The van der Waals surface area contributed by atoms with Gasteiger partial charge in [0, 0.05) is 53.3 Å². The molecule has 4 aliphatic rings. The van der Waals surface area contributed by atoms with Crippen molar-refractivity contribution in [2.75, 3.05) is 23.3 Å². The number of nitro benzene ring substituents is 1. The van der Waals surface area contributed by atoms with E-state index in [-0.39, 0.29) is 18.3 Å². The van der Waals surface area contributed by atoms with Gasteiger partial charge in [-0.3, -0.25) is 15.4 Å². The Morgan fingerprint density at radius 1 is 0.978 bits per heavy atom. The van der Waals surface area contributed by atoms with Gasteiger partial charge in [0.05, 0.1) is 10.5 Å². The maximum absolute atomic E-state index is 13.5. The summed E-state index contributed by atoms with van der Waals surface area (Å²) in [5.41, 5.74) is 10.7. The second kappa shape index (κ2) is 10.2. The smallest absolute Gasteiger partial charge is 0.411 e. The van der Waals surface area contributed by atoms with Gasteiger partial charge in [0.2, 0.25) is 0 Å². The minimum Gasteiger partial charge on any atom is -0.444 e. The van der Waals surface area contributed by atoms with Crippen LogP contribution < -0.4 is 10.2 Å². The number of fused-ring (bicyclic) bond motifs is 7. The van der Waals surface area contributed by atoms with Crippen LogP contribution in [-0.2, 0) is 40.9 Å². The molecule has 1 aliphatic carbocycles. The Balaban J connectivity index is 1.19. The molecule has 4 aromatic rings. The predicted octanol–water partition coefficient (Wildman–Crippen LogP) is 6.72. The number of nitrogens with zero attached hydrogens (tertiary/aromatic N) is 2. The number of benzene rings is 4. The third-order valence-electron chi connectivity index (χ3n) is 9.75. The summed E-state index contributed by atoms with van der Waals surface area (Å²) in [6.45, 7) is 4.02. The van der Waals surface area contributed by atoms with Crippen molar-refractivity contribution in [3.8, 4) is 0 Å². The van der Waals surface area contributed by atoms with Gasteiger partial charge in [-0.05, 0) is 109 Å². The number of carbonyl (C=O) groups is 2. The number of nitrogens with one attached hydrogen (secondary N) is 1. The molecular weight excluding hydrogens is 570 g/mol. The molecule has 1 atom stereocenters. The molecule has 9 heteroatoms. The van der Waals surface area contributed by atoms with Crippen molar-refractivity contribution in [3.63, 3.8) is 0 Å². The average molecular weight is 602 g/mol. The molecular formula is C36H31N3O6. The zero-order valence-electron chi connectivity index (χ0n) is 24.9. The number of hydrogen-bond donors (Lipinski definition) is 1. The summed E-state index contributed by atoms with van der Waals surface area (Å²) in [6.07, 6.45) is 4.22. The highest BCUT2D eigenvalue weighted by molar-refractivity contribution is 5.97.